The molecule has 3 aliphatic heterocycles. The number of carbonyl (C=O) groups is 1. The van der Waals surface area contributed by atoms with Crippen molar-refractivity contribution in [1.82, 2.24) is 34.5 Å². The van der Waals surface area contributed by atoms with Crippen molar-refractivity contribution >= 4 is 11.4 Å². The molecular formula is C31H44F3N7O2. The average molecular weight is 604 g/mol. The predicted molar refractivity (Wildman–Crippen MR) is 156 cm³/mol. The number of halogens is 3. The number of rotatable bonds is 6. The Morgan fingerprint density at radius 1 is 1.00 bits per heavy atom. The van der Waals surface area contributed by atoms with E-state index in [0.29, 0.717) is 43.0 Å². The smallest absolute Gasteiger partial charge is 0.340 e. The standard InChI is InChI=1S/C31H44F3N7O2/c1-19(42)38-15-24-9-10-25(16-38)39(24)13-20-11-26(31(32,33)34)27-17-40(30(43)41(27)14-20)23-8-4-7-22(12-23)28(21-5-3-6-21)29-36-35-18-37(29)2/h11,14,17,21-25,28-29,35-36H,3-10,12-13,15-16,18H2,1-2H3/t22?,23?,24?,25?,28-,29?/m1/s1. The summed E-state index contributed by atoms with van der Waals surface area (Å²) in [6.07, 6.45) is 7.94. The topological polar surface area (TPSA) is 77.3 Å². The van der Waals surface area contributed by atoms with Gasteiger partial charge in [0.25, 0.3) is 0 Å². The van der Waals surface area contributed by atoms with E-state index in [9.17, 15) is 22.8 Å². The fraction of sp³-hybridized carbons (Fsp3) is 0.742. The van der Waals surface area contributed by atoms with Crippen molar-refractivity contribution < 1.29 is 18.0 Å². The molecule has 2 bridgehead atoms. The summed E-state index contributed by atoms with van der Waals surface area (Å²) in [7, 11) is 2.12. The third-order valence-electron chi connectivity index (χ3n) is 11.3. The van der Waals surface area contributed by atoms with Crippen LogP contribution in [-0.2, 0) is 17.5 Å². The molecule has 5 fully saturated rings. The summed E-state index contributed by atoms with van der Waals surface area (Å²) in [4.78, 5) is 32.2. The van der Waals surface area contributed by atoms with E-state index in [1.807, 2.05) is 4.90 Å². The molecule has 2 aromatic rings. The number of nitrogens with zero attached hydrogens (tertiary/aromatic N) is 5. The van der Waals surface area contributed by atoms with E-state index in [0.717, 1.165) is 45.2 Å². The van der Waals surface area contributed by atoms with E-state index < -0.39 is 11.7 Å². The number of likely N-dealkylation sites (tertiary alicyclic amines) is 1. The predicted octanol–water partition coefficient (Wildman–Crippen LogP) is 3.79. The highest BCUT2D eigenvalue weighted by molar-refractivity contribution is 5.73. The lowest BCUT2D eigenvalue weighted by Crippen LogP contribution is -2.54. The van der Waals surface area contributed by atoms with Crippen molar-refractivity contribution in [3.63, 3.8) is 0 Å². The maximum atomic E-state index is 14.5. The summed E-state index contributed by atoms with van der Waals surface area (Å²) in [5.74, 6) is 1.53. The van der Waals surface area contributed by atoms with Crippen LogP contribution in [0, 0.1) is 17.8 Å². The molecule has 6 atom stereocenters. The van der Waals surface area contributed by atoms with E-state index in [1.165, 1.54) is 35.9 Å². The maximum Gasteiger partial charge on any atom is 0.418 e. The van der Waals surface area contributed by atoms with Crippen LogP contribution in [0.2, 0.25) is 0 Å². The second-order valence-electron chi connectivity index (χ2n) is 13.8. The molecule has 43 heavy (non-hydrogen) atoms. The van der Waals surface area contributed by atoms with Crippen LogP contribution >= 0.6 is 0 Å². The van der Waals surface area contributed by atoms with Crippen LogP contribution in [0.25, 0.3) is 5.52 Å². The number of amides is 1. The molecule has 2 saturated carbocycles. The third-order valence-corrected chi connectivity index (χ3v) is 11.3. The van der Waals surface area contributed by atoms with Crippen LogP contribution in [0.1, 0.15) is 81.9 Å². The molecule has 7 rings (SSSR count). The number of alkyl halides is 3. The Kier molecular flexibility index (Phi) is 7.63. The molecule has 12 heteroatoms. The zero-order valence-electron chi connectivity index (χ0n) is 25.2. The second kappa shape index (κ2) is 11.2. The molecule has 236 valence electrons. The second-order valence-corrected chi connectivity index (χ2v) is 13.8. The molecule has 3 saturated heterocycles. The summed E-state index contributed by atoms with van der Waals surface area (Å²) >= 11 is 0. The van der Waals surface area contributed by atoms with Gasteiger partial charge in [-0.05, 0) is 68.5 Å². The van der Waals surface area contributed by atoms with E-state index in [2.05, 4.69) is 27.7 Å². The lowest BCUT2D eigenvalue weighted by atomic mass is 9.65. The number of pyridine rings is 1. The Bertz CT molecular complexity index is 1400. The molecule has 5 aliphatic rings. The van der Waals surface area contributed by atoms with Crippen LogP contribution in [0.4, 0.5) is 13.2 Å². The van der Waals surface area contributed by atoms with Crippen LogP contribution < -0.4 is 16.5 Å². The minimum absolute atomic E-state index is 0.0392. The summed E-state index contributed by atoms with van der Waals surface area (Å²) in [6, 6.07) is 1.37. The number of hydrazine groups is 1. The quantitative estimate of drug-likeness (QED) is 0.524. The number of nitrogens with one attached hydrogen (secondary N) is 2. The van der Waals surface area contributed by atoms with Gasteiger partial charge in [-0.1, -0.05) is 25.7 Å². The number of hydrogen-bond acceptors (Lipinski definition) is 6. The van der Waals surface area contributed by atoms with Gasteiger partial charge >= 0.3 is 11.9 Å². The van der Waals surface area contributed by atoms with Gasteiger partial charge in [0.2, 0.25) is 5.91 Å². The van der Waals surface area contributed by atoms with Gasteiger partial charge in [-0.2, -0.15) is 13.2 Å². The van der Waals surface area contributed by atoms with Crippen molar-refractivity contribution in [1.29, 1.82) is 0 Å². The van der Waals surface area contributed by atoms with Crippen molar-refractivity contribution in [2.75, 3.05) is 26.8 Å². The van der Waals surface area contributed by atoms with Crippen molar-refractivity contribution in [3.8, 4) is 0 Å². The average Bonchev–Trinajstić information content (AvgIpc) is 3.57. The first kappa shape index (κ1) is 29.3. The van der Waals surface area contributed by atoms with Crippen LogP contribution in [0.5, 0.6) is 0 Å². The fourth-order valence-electron chi connectivity index (χ4n) is 8.96. The molecule has 2 N–H and O–H groups in total. The lowest BCUT2D eigenvalue weighted by Gasteiger charge is -2.46. The molecule has 9 nitrogen and oxygen atoms in total. The maximum absolute atomic E-state index is 14.5. The van der Waals surface area contributed by atoms with E-state index >= 15 is 0 Å². The Hall–Kier alpha value is -2.41. The highest BCUT2D eigenvalue weighted by atomic mass is 19.4. The first-order chi connectivity index (χ1) is 20.6. The number of hydrogen-bond donors (Lipinski definition) is 2. The molecule has 2 aliphatic carbocycles. The van der Waals surface area contributed by atoms with Crippen molar-refractivity contribution in [2.24, 2.45) is 17.8 Å². The molecule has 5 unspecified atom stereocenters. The van der Waals surface area contributed by atoms with Crippen molar-refractivity contribution in [2.45, 2.75) is 102 Å². The van der Waals surface area contributed by atoms with Gasteiger partial charge in [-0.3, -0.25) is 23.6 Å². The number of aromatic nitrogens is 2. The van der Waals surface area contributed by atoms with Crippen LogP contribution in [-0.4, -0.2) is 74.6 Å². The van der Waals surface area contributed by atoms with Crippen LogP contribution in [0.15, 0.2) is 23.3 Å². The van der Waals surface area contributed by atoms with Gasteiger partial charge in [0.1, 0.15) is 0 Å². The molecule has 2 aromatic heterocycles. The van der Waals surface area contributed by atoms with Crippen LogP contribution in [0.3, 0.4) is 0 Å². The Morgan fingerprint density at radius 2 is 1.70 bits per heavy atom. The molecular weight excluding hydrogens is 559 g/mol. The van der Waals surface area contributed by atoms with Crippen molar-refractivity contribution in [3.05, 3.63) is 40.1 Å². The number of fused-ring (bicyclic) bond motifs is 3. The summed E-state index contributed by atoms with van der Waals surface area (Å²) in [5.41, 5.74) is 6.05. The lowest BCUT2D eigenvalue weighted by molar-refractivity contribution is -0.136. The SMILES string of the molecule is CC(=O)N1CC2CCC(C1)N2Cc1cc(C(F)(F)F)c2cn(C3CCCC([C@@H](C4CCC4)C4NNCN4C)C3)c(=O)n2c1. The number of piperazine rings is 1. The molecule has 0 radical (unpaired) electrons. The summed E-state index contributed by atoms with van der Waals surface area (Å²) in [5, 5.41) is 0. The zero-order valence-corrected chi connectivity index (χ0v) is 25.2. The van der Waals surface area contributed by atoms with Gasteiger partial charge in [-0.25, -0.2) is 15.6 Å². The zero-order chi connectivity index (χ0) is 30.0. The highest BCUT2D eigenvalue weighted by Gasteiger charge is 2.44. The Morgan fingerprint density at radius 3 is 2.30 bits per heavy atom. The largest absolute Gasteiger partial charge is 0.418 e. The summed E-state index contributed by atoms with van der Waals surface area (Å²) in [6.45, 7) is 3.89. The first-order valence-corrected chi connectivity index (χ1v) is 16.1. The number of carbonyl (C=O) groups excluding carboxylic acids is 1. The van der Waals surface area contributed by atoms with E-state index in [1.54, 1.807) is 17.7 Å². The van der Waals surface area contributed by atoms with Gasteiger partial charge < -0.3 is 4.90 Å². The first-order valence-electron chi connectivity index (χ1n) is 16.1. The Balaban J connectivity index is 1.18. The van der Waals surface area contributed by atoms with E-state index in [-0.39, 0.29) is 41.4 Å². The van der Waals surface area contributed by atoms with Gasteiger partial charge in [0, 0.05) is 57.1 Å². The highest BCUT2D eigenvalue weighted by Crippen LogP contribution is 2.47. The molecule has 0 spiro atoms. The summed E-state index contributed by atoms with van der Waals surface area (Å²) < 4.78 is 46.3. The number of imidazole rings is 1. The molecule has 0 aromatic carbocycles. The van der Waals surface area contributed by atoms with Gasteiger partial charge in [0.05, 0.1) is 23.9 Å². The van der Waals surface area contributed by atoms with E-state index in [4.69, 9.17) is 0 Å². The fourth-order valence-corrected chi connectivity index (χ4v) is 8.96. The molecule has 5 heterocycles. The van der Waals surface area contributed by atoms with Gasteiger partial charge in [0.15, 0.2) is 0 Å². The van der Waals surface area contributed by atoms with Gasteiger partial charge in [-0.15, -0.1) is 0 Å². The Labute approximate surface area is 250 Å². The minimum Gasteiger partial charge on any atom is -0.340 e. The third kappa shape index (κ3) is 5.32. The monoisotopic (exact) mass is 603 g/mol. The minimum atomic E-state index is -4.58. The molecule has 1 amide bonds. The normalized spacial score (nSPS) is 31.6.